The van der Waals surface area contributed by atoms with Gasteiger partial charge in [-0.3, -0.25) is 0 Å². The predicted molar refractivity (Wildman–Crippen MR) is 74.1 cm³/mol. The highest BCUT2D eigenvalue weighted by atomic mass is 16.3. The van der Waals surface area contributed by atoms with Gasteiger partial charge in [0, 0.05) is 6.04 Å². The van der Waals surface area contributed by atoms with Crippen molar-refractivity contribution in [3.05, 3.63) is 0 Å². The lowest BCUT2D eigenvalue weighted by atomic mass is 9.81. The van der Waals surface area contributed by atoms with Gasteiger partial charge < -0.3 is 10.4 Å². The van der Waals surface area contributed by atoms with E-state index < -0.39 is 0 Å². The fourth-order valence-electron chi connectivity index (χ4n) is 3.06. The number of rotatable bonds is 7. The number of hydrogen-bond acceptors (Lipinski definition) is 2. The first kappa shape index (κ1) is 15.0. The lowest BCUT2D eigenvalue weighted by Gasteiger charge is -2.31. The van der Waals surface area contributed by atoms with Crippen LogP contribution in [0.15, 0.2) is 0 Å². The van der Waals surface area contributed by atoms with Crippen LogP contribution in [0, 0.1) is 11.8 Å². The van der Waals surface area contributed by atoms with E-state index in [1.54, 1.807) is 0 Å². The molecule has 0 aromatic heterocycles. The van der Waals surface area contributed by atoms with Crippen molar-refractivity contribution in [2.24, 2.45) is 11.8 Å². The molecule has 0 bridgehead atoms. The van der Waals surface area contributed by atoms with E-state index in [0.29, 0.717) is 0 Å². The van der Waals surface area contributed by atoms with Gasteiger partial charge in [0.05, 0.1) is 6.10 Å². The zero-order chi connectivity index (χ0) is 12.7. The van der Waals surface area contributed by atoms with Crippen molar-refractivity contribution in [1.82, 2.24) is 5.32 Å². The quantitative estimate of drug-likeness (QED) is 0.670. The molecule has 3 atom stereocenters. The Morgan fingerprint density at radius 2 is 2.00 bits per heavy atom. The maximum Gasteiger partial charge on any atom is 0.0512 e. The molecular formula is C15H31NO. The molecular weight excluding hydrogens is 210 g/mol. The van der Waals surface area contributed by atoms with Crippen LogP contribution in [0.25, 0.3) is 0 Å². The molecule has 0 heterocycles. The summed E-state index contributed by atoms with van der Waals surface area (Å²) >= 11 is 0. The third-order valence-electron chi connectivity index (χ3n) is 3.82. The first-order valence-electron chi connectivity index (χ1n) is 7.49. The molecule has 0 aromatic carbocycles. The molecule has 0 aromatic rings. The fourth-order valence-corrected chi connectivity index (χ4v) is 3.06. The minimum atomic E-state index is -0.142. The molecule has 1 fully saturated rings. The molecule has 0 amide bonds. The third-order valence-corrected chi connectivity index (χ3v) is 3.82. The van der Waals surface area contributed by atoms with Crippen molar-refractivity contribution in [2.45, 2.75) is 77.9 Å². The molecule has 2 N–H and O–H groups in total. The van der Waals surface area contributed by atoms with E-state index in [2.05, 4.69) is 19.2 Å². The van der Waals surface area contributed by atoms with E-state index in [0.717, 1.165) is 37.3 Å². The highest BCUT2D eigenvalue weighted by Gasteiger charge is 2.21. The van der Waals surface area contributed by atoms with Gasteiger partial charge in [0.2, 0.25) is 0 Å². The van der Waals surface area contributed by atoms with Crippen molar-refractivity contribution in [1.29, 1.82) is 0 Å². The number of aliphatic hydroxyl groups is 1. The Balaban J connectivity index is 2.12. The van der Waals surface area contributed by atoms with Crippen LogP contribution >= 0.6 is 0 Å². The summed E-state index contributed by atoms with van der Waals surface area (Å²) in [6, 6.07) is 0.737. The van der Waals surface area contributed by atoms with E-state index >= 15 is 0 Å². The maximum atomic E-state index is 9.20. The van der Waals surface area contributed by atoms with Gasteiger partial charge in [-0.1, -0.05) is 26.7 Å². The van der Waals surface area contributed by atoms with Gasteiger partial charge in [0.1, 0.15) is 0 Å². The molecule has 17 heavy (non-hydrogen) atoms. The molecule has 1 saturated carbocycles. The Labute approximate surface area is 107 Å². The average molecular weight is 241 g/mol. The van der Waals surface area contributed by atoms with Gasteiger partial charge in [-0.05, 0) is 57.4 Å². The highest BCUT2D eigenvalue weighted by Crippen LogP contribution is 2.29. The standard InChI is InChI=1S/C15H31NO/c1-12(2)10-14-7-4-8-15(11-14)16-9-5-6-13(3)17/h12-17H,4-11H2,1-3H3. The average Bonchev–Trinajstić information content (AvgIpc) is 2.24. The van der Waals surface area contributed by atoms with Crippen LogP contribution in [0.3, 0.4) is 0 Å². The zero-order valence-corrected chi connectivity index (χ0v) is 11.9. The monoisotopic (exact) mass is 241 g/mol. The minimum absolute atomic E-state index is 0.142. The number of hydrogen-bond donors (Lipinski definition) is 2. The number of aliphatic hydroxyl groups excluding tert-OH is 1. The summed E-state index contributed by atoms with van der Waals surface area (Å²) in [7, 11) is 0. The second kappa shape index (κ2) is 8.10. The summed E-state index contributed by atoms with van der Waals surface area (Å²) in [6.07, 6.45) is 8.83. The first-order valence-corrected chi connectivity index (χ1v) is 7.49. The smallest absolute Gasteiger partial charge is 0.0512 e. The van der Waals surface area contributed by atoms with Crippen molar-refractivity contribution in [3.8, 4) is 0 Å². The molecule has 1 aliphatic rings. The largest absolute Gasteiger partial charge is 0.393 e. The van der Waals surface area contributed by atoms with E-state index in [1.165, 1.54) is 32.1 Å². The molecule has 2 nitrogen and oxygen atoms in total. The maximum absolute atomic E-state index is 9.20. The van der Waals surface area contributed by atoms with Gasteiger partial charge in [-0.25, -0.2) is 0 Å². The van der Waals surface area contributed by atoms with E-state index in [1.807, 2.05) is 6.92 Å². The molecule has 0 spiro atoms. The van der Waals surface area contributed by atoms with E-state index in [4.69, 9.17) is 0 Å². The van der Waals surface area contributed by atoms with Gasteiger partial charge in [-0.15, -0.1) is 0 Å². The van der Waals surface area contributed by atoms with Crippen LogP contribution in [-0.2, 0) is 0 Å². The molecule has 1 aliphatic carbocycles. The van der Waals surface area contributed by atoms with Crippen LogP contribution in [0.4, 0.5) is 0 Å². The van der Waals surface area contributed by atoms with Crippen LogP contribution in [0.1, 0.15) is 65.7 Å². The van der Waals surface area contributed by atoms with Gasteiger partial charge in [0.15, 0.2) is 0 Å². The predicted octanol–water partition coefficient (Wildman–Crippen LogP) is 3.34. The Bertz CT molecular complexity index is 191. The third kappa shape index (κ3) is 7.05. The van der Waals surface area contributed by atoms with E-state index in [-0.39, 0.29) is 6.10 Å². The summed E-state index contributed by atoms with van der Waals surface area (Å²) < 4.78 is 0. The molecule has 1 rings (SSSR count). The van der Waals surface area contributed by atoms with E-state index in [9.17, 15) is 5.11 Å². The van der Waals surface area contributed by atoms with Gasteiger partial charge >= 0.3 is 0 Å². The Morgan fingerprint density at radius 1 is 1.24 bits per heavy atom. The Hall–Kier alpha value is -0.0800. The SMILES string of the molecule is CC(C)CC1CCCC(NCCCC(C)O)C1. The zero-order valence-electron chi connectivity index (χ0n) is 11.9. The summed E-state index contributed by atoms with van der Waals surface area (Å²) in [5, 5.41) is 12.9. The van der Waals surface area contributed by atoms with Crippen molar-refractivity contribution in [2.75, 3.05) is 6.54 Å². The van der Waals surface area contributed by atoms with Crippen molar-refractivity contribution in [3.63, 3.8) is 0 Å². The summed E-state index contributed by atoms with van der Waals surface area (Å²) in [5.74, 6) is 1.78. The number of nitrogens with one attached hydrogen (secondary N) is 1. The Kier molecular flexibility index (Phi) is 7.14. The second-order valence-corrected chi connectivity index (χ2v) is 6.30. The molecule has 0 radical (unpaired) electrons. The molecule has 3 unspecified atom stereocenters. The summed E-state index contributed by atoms with van der Waals surface area (Å²) in [4.78, 5) is 0. The molecule has 0 aliphatic heterocycles. The minimum Gasteiger partial charge on any atom is -0.393 e. The normalized spacial score (nSPS) is 27.4. The highest BCUT2D eigenvalue weighted by molar-refractivity contribution is 4.78. The lowest BCUT2D eigenvalue weighted by molar-refractivity contribution is 0.179. The van der Waals surface area contributed by atoms with Crippen molar-refractivity contribution < 1.29 is 5.11 Å². The van der Waals surface area contributed by atoms with Gasteiger partial charge in [-0.2, -0.15) is 0 Å². The van der Waals surface area contributed by atoms with Gasteiger partial charge in [0.25, 0.3) is 0 Å². The molecule has 0 saturated heterocycles. The van der Waals surface area contributed by atoms with Crippen LogP contribution in [-0.4, -0.2) is 23.8 Å². The van der Waals surface area contributed by atoms with Crippen LogP contribution < -0.4 is 5.32 Å². The molecule has 102 valence electrons. The second-order valence-electron chi connectivity index (χ2n) is 6.30. The topological polar surface area (TPSA) is 32.3 Å². The molecule has 2 heteroatoms. The Morgan fingerprint density at radius 3 is 2.65 bits per heavy atom. The van der Waals surface area contributed by atoms with Crippen LogP contribution in [0.5, 0.6) is 0 Å². The fraction of sp³-hybridized carbons (Fsp3) is 1.00. The summed E-state index contributed by atoms with van der Waals surface area (Å²) in [5.41, 5.74) is 0. The van der Waals surface area contributed by atoms with Crippen molar-refractivity contribution >= 4 is 0 Å². The first-order chi connectivity index (χ1) is 8.08. The van der Waals surface area contributed by atoms with Crippen LogP contribution in [0.2, 0.25) is 0 Å². The lowest BCUT2D eigenvalue weighted by Crippen LogP contribution is -2.35. The summed E-state index contributed by atoms with van der Waals surface area (Å²) in [6.45, 7) is 7.61.